The van der Waals surface area contributed by atoms with Crippen molar-refractivity contribution in [2.75, 3.05) is 13.7 Å². The van der Waals surface area contributed by atoms with Crippen molar-refractivity contribution in [2.24, 2.45) is 5.92 Å². The molecule has 1 aromatic carbocycles. The molecule has 0 heterocycles. The Morgan fingerprint density at radius 3 is 2.64 bits per heavy atom. The van der Waals surface area contributed by atoms with Crippen LogP contribution in [0.1, 0.15) is 12.0 Å². The normalized spacial score (nSPS) is 12.4. The maximum absolute atomic E-state index is 5.18. The summed E-state index contributed by atoms with van der Waals surface area (Å²) in [5.41, 5.74) is 1.37. The van der Waals surface area contributed by atoms with E-state index in [-0.39, 0.29) is 0 Å². The van der Waals surface area contributed by atoms with Gasteiger partial charge < -0.3 is 4.74 Å². The van der Waals surface area contributed by atoms with Crippen LogP contribution in [0, 0.1) is 5.92 Å². The molecule has 0 amide bonds. The standard InChI is InChI=1S/C13H18O/c1-3-7-13(11-14-2)10-12-8-5-4-6-9-12/h3-6,8-9,13H,1,7,10-11H2,2H3. The van der Waals surface area contributed by atoms with Crippen LogP contribution in [-0.4, -0.2) is 13.7 Å². The van der Waals surface area contributed by atoms with Crippen molar-refractivity contribution in [3.05, 3.63) is 48.6 Å². The second-order valence-electron chi connectivity index (χ2n) is 3.54. The largest absolute Gasteiger partial charge is 0.384 e. The van der Waals surface area contributed by atoms with Gasteiger partial charge in [0.2, 0.25) is 0 Å². The van der Waals surface area contributed by atoms with E-state index in [1.54, 1.807) is 7.11 Å². The molecule has 0 fully saturated rings. The fourth-order valence-corrected chi connectivity index (χ4v) is 1.63. The van der Waals surface area contributed by atoms with Gasteiger partial charge in [0.05, 0.1) is 0 Å². The van der Waals surface area contributed by atoms with Gasteiger partial charge in [0.1, 0.15) is 0 Å². The van der Waals surface area contributed by atoms with Gasteiger partial charge in [0, 0.05) is 13.7 Å². The highest BCUT2D eigenvalue weighted by atomic mass is 16.5. The minimum absolute atomic E-state index is 0.555. The monoisotopic (exact) mass is 190 g/mol. The van der Waals surface area contributed by atoms with E-state index in [0.717, 1.165) is 19.4 Å². The third-order valence-corrected chi connectivity index (χ3v) is 2.27. The Bertz CT molecular complexity index is 253. The van der Waals surface area contributed by atoms with E-state index in [2.05, 4.69) is 30.8 Å². The molecule has 1 nitrogen and oxygen atoms in total. The van der Waals surface area contributed by atoms with Crippen molar-refractivity contribution in [2.45, 2.75) is 12.8 Å². The molecular weight excluding hydrogens is 172 g/mol. The van der Waals surface area contributed by atoms with Crippen molar-refractivity contribution >= 4 is 0 Å². The lowest BCUT2D eigenvalue weighted by atomic mass is 9.97. The Labute approximate surface area is 86.4 Å². The summed E-state index contributed by atoms with van der Waals surface area (Å²) in [6.45, 7) is 4.58. The van der Waals surface area contributed by atoms with Gasteiger partial charge in [-0.2, -0.15) is 0 Å². The van der Waals surface area contributed by atoms with E-state index in [9.17, 15) is 0 Å². The van der Waals surface area contributed by atoms with Crippen molar-refractivity contribution in [1.82, 2.24) is 0 Å². The van der Waals surface area contributed by atoms with Crippen molar-refractivity contribution < 1.29 is 4.74 Å². The minimum Gasteiger partial charge on any atom is -0.384 e. The molecule has 0 bridgehead atoms. The maximum Gasteiger partial charge on any atom is 0.0496 e. The number of hydrogen-bond acceptors (Lipinski definition) is 1. The maximum atomic E-state index is 5.18. The summed E-state index contributed by atoms with van der Waals surface area (Å²) in [6.07, 6.45) is 4.05. The van der Waals surface area contributed by atoms with E-state index in [0.29, 0.717) is 5.92 Å². The molecule has 0 saturated carbocycles. The summed E-state index contributed by atoms with van der Waals surface area (Å²) in [4.78, 5) is 0. The number of ether oxygens (including phenoxy) is 1. The van der Waals surface area contributed by atoms with Gasteiger partial charge in [-0.05, 0) is 24.3 Å². The summed E-state index contributed by atoms with van der Waals surface area (Å²) >= 11 is 0. The van der Waals surface area contributed by atoms with Crippen molar-refractivity contribution in [3.8, 4) is 0 Å². The lowest BCUT2D eigenvalue weighted by molar-refractivity contribution is 0.153. The zero-order valence-electron chi connectivity index (χ0n) is 8.78. The highest BCUT2D eigenvalue weighted by Gasteiger charge is 2.06. The van der Waals surface area contributed by atoms with E-state index < -0.39 is 0 Å². The lowest BCUT2D eigenvalue weighted by Crippen LogP contribution is -2.10. The van der Waals surface area contributed by atoms with Gasteiger partial charge in [-0.1, -0.05) is 36.4 Å². The molecule has 76 valence electrons. The summed E-state index contributed by atoms with van der Waals surface area (Å²) in [5, 5.41) is 0. The Hall–Kier alpha value is -1.08. The van der Waals surface area contributed by atoms with Gasteiger partial charge in [-0.3, -0.25) is 0 Å². The summed E-state index contributed by atoms with van der Waals surface area (Å²) in [5.74, 6) is 0.555. The third kappa shape index (κ3) is 3.75. The SMILES string of the molecule is C=CCC(COC)Cc1ccccc1. The van der Waals surface area contributed by atoms with Crippen LogP contribution in [0.25, 0.3) is 0 Å². The van der Waals surface area contributed by atoms with E-state index in [1.165, 1.54) is 5.56 Å². The fraction of sp³-hybridized carbons (Fsp3) is 0.385. The molecule has 1 heteroatoms. The third-order valence-electron chi connectivity index (χ3n) is 2.27. The van der Waals surface area contributed by atoms with Gasteiger partial charge in [-0.25, -0.2) is 0 Å². The molecule has 1 unspecified atom stereocenters. The second kappa shape index (κ2) is 6.39. The predicted molar refractivity (Wildman–Crippen MR) is 60.3 cm³/mol. The first-order valence-electron chi connectivity index (χ1n) is 5.00. The summed E-state index contributed by atoms with van der Waals surface area (Å²) < 4.78 is 5.18. The average molecular weight is 190 g/mol. The number of rotatable bonds is 6. The first kappa shape index (κ1) is 11.0. The molecule has 0 N–H and O–H groups in total. The van der Waals surface area contributed by atoms with Gasteiger partial charge in [0.25, 0.3) is 0 Å². The van der Waals surface area contributed by atoms with E-state index >= 15 is 0 Å². The Kier molecular flexibility index (Phi) is 5.02. The topological polar surface area (TPSA) is 9.23 Å². The summed E-state index contributed by atoms with van der Waals surface area (Å²) in [6, 6.07) is 10.5. The Balaban J connectivity index is 2.50. The summed E-state index contributed by atoms with van der Waals surface area (Å²) in [7, 11) is 1.75. The molecule has 0 radical (unpaired) electrons. The zero-order chi connectivity index (χ0) is 10.2. The van der Waals surface area contributed by atoms with Crippen LogP contribution in [-0.2, 0) is 11.2 Å². The molecule has 1 aromatic rings. The van der Waals surface area contributed by atoms with Crippen LogP contribution in [0.5, 0.6) is 0 Å². The van der Waals surface area contributed by atoms with Crippen molar-refractivity contribution in [1.29, 1.82) is 0 Å². The molecule has 1 atom stereocenters. The molecular formula is C13H18O. The Morgan fingerprint density at radius 1 is 1.36 bits per heavy atom. The highest BCUT2D eigenvalue weighted by Crippen LogP contribution is 2.12. The van der Waals surface area contributed by atoms with Crippen LogP contribution in [0.2, 0.25) is 0 Å². The quantitative estimate of drug-likeness (QED) is 0.626. The molecule has 0 aliphatic carbocycles. The predicted octanol–water partition coefficient (Wildman–Crippen LogP) is 3.07. The fourth-order valence-electron chi connectivity index (χ4n) is 1.63. The van der Waals surface area contributed by atoms with Crippen LogP contribution in [0.3, 0.4) is 0 Å². The van der Waals surface area contributed by atoms with Crippen LogP contribution >= 0.6 is 0 Å². The first-order chi connectivity index (χ1) is 6.86. The molecule has 0 aliphatic heterocycles. The second-order valence-corrected chi connectivity index (χ2v) is 3.54. The van der Waals surface area contributed by atoms with Gasteiger partial charge >= 0.3 is 0 Å². The smallest absolute Gasteiger partial charge is 0.0496 e. The molecule has 0 spiro atoms. The van der Waals surface area contributed by atoms with Gasteiger partial charge in [-0.15, -0.1) is 6.58 Å². The number of allylic oxidation sites excluding steroid dienone is 1. The Morgan fingerprint density at radius 2 is 2.07 bits per heavy atom. The molecule has 0 aliphatic rings. The average Bonchev–Trinajstić information content (AvgIpc) is 2.20. The first-order valence-corrected chi connectivity index (χ1v) is 5.00. The lowest BCUT2D eigenvalue weighted by Gasteiger charge is -2.13. The van der Waals surface area contributed by atoms with Gasteiger partial charge in [0.15, 0.2) is 0 Å². The van der Waals surface area contributed by atoms with E-state index in [4.69, 9.17) is 4.74 Å². The van der Waals surface area contributed by atoms with Crippen LogP contribution in [0.4, 0.5) is 0 Å². The number of hydrogen-bond donors (Lipinski definition) is 0. The number of benzene rings is 1. The molecule has 0 aromatic heterocycles. The van der Waals surface area contributed by atoms with Crippen LogP contribution in [0.15, 0.2) is 43.0 Å². The van der Waals surface area contributed by atoms with Crippen molar-refractivity contribution in [3.63, 3.8) is 0 Å². The van der Waals surface area contributed by atoms with E-state index in [1.807, 2.05) is 12.1 Å². The molecule has 14 heavy (non-hydrogen) atoms. The highest BCUT2D eigenvalue weighted by molar-refractivity contribution is 5.15. The minimum atomic E-state index is 0.555. The van der Waals surface area contributed by atoms with Crippen LogP contribution < -0.4 is 0 Å². The zero-order valence-corrected chi connectivity index (χ0v) is 8.78. The number of methoxy groups -OCH3 is 1. The molecule has 0 saturated heterocycles. The molecule has 1 rings (SSSR count).